The van der Waals surface area contributed by atoms with Crippen molar-refractivity contribution in [2.45, 2.75) is 6.92 Å². The summed E-state index contributed by atoms with van der Waals surface area (Å²) in [5, 5.41) is 15.7. The van der Waals surface area contributed by atoms with Crippen molar-refractivity contribution in [2.24, 2.45) is 0 Å². The van der Waals surface area contributed by atoms with Gasteiger partial charge < -0.3 is 19.8 Å². The number of nitrogens with zero attached hydrogens (tertiary/aromatic N) is 2. The number of nitrogens with one attached hydrogen (secondary N) is 1. The van der Waals surface area contributed by atoms with Gasteiger partial charge in [-0.15, -0.1) is 0 Å². The first-order valence-electron chi connectivity index (χ1n) is 4.85. The molecule has 2 rings (SSSR count). The van der Waals surface area contributed by atoms with Gasteiger partial charge in [0.05, 0.1) is 0 Å². The molecule has 0 bridgehead atoms. The summed E-state index contributed by atoms with van der Waals surface area (Å²) in [5.74, 6) is -0.477. The third-order valence-corrected chi connectivity index (χ3v) is 2.47. The van der Waals surface area contributed by atoms with E-state index in [4.69, 9.17) is 9.63 Å². The molecule has 1 saturated heterocycles. The van der Waals surface area contributed by atoms with E-state index in [1.807, 2.05) is 4.90 Å². The molecule has 82 valence electrons. The normalized spacial score (nSPS) is 16.7. The van der Waals surface area contributed by atoms with Crippen LogP contribution in [0.2, 0.25) is 0 Å². The summed E-state index contributed by atoms with van der Waals surface area (Å²) in [6, 6.07) is 0. The minimum absolute atomic E-state index is 0.00870. The molecule has 0 unspecified atom stereocenters. The molecule has 0 saturated carbocycles. The molecule has 0 aliphatic carbocycles. The molecule has 6 nitrogen and oxygen atoms in total. The van der Waals surface area contributed by atoms with Gasteiger partial charge in [0.15, 0.2) is 5.76 Å². The van der Waals surface area contributed by atoms with Crippen LogP contribution in [0, 0.1) is 6.92 Å². The number of carboxylic acid groups (broad SMARTS) is 1. The van der Waals surface area contributed by atoms with Gasteiger partial charge in [0.25, 0.3) is 0 Å². The van der Waals surface area contributed by atoms with Crippen molar-refractivity contribution in [2.75, 3.05) is 31.1 Å². The maximum absolute atomic E-state index is 10.9. The van der Waals surface area contributed by atoms with E-state index in [2.05, 4.69) is 10.5 Å². The van der Waals surface area contributed by atoms with Crippen molar-refractivity contribution in [1.29, 1.82) is 0 Å². The zero-order valence-corrected chi connectivity index (χ0v) is 8.49. The third-order valence-electron chi connectivity index (χ3n) is 2.47. The molecule has 1 aromatic rings. The van der Waals surface area contributed by atoms with Crippen LogP contribution >= 0.6 is 0 Å². The SMILES string of the molecule is Cc1onc(C(=O)O)c1N1CCNCC1. The van der Waals surface area contributed by atoms with Crippen LogP contribution in [0.5, 0.6) is 0 Å². The minimum Gasteiger partial charge on any atom is -0.476 e. The predicted molar refractivity (Wildman–Crippen MR) is 53.3 cm³/mol. The van der Waals surface area contributed by atoms with E-state index in [9.17, 15) is 4.79 Å². The molecule has 1 aromatic heterocycles. The Hall–Kier alpha value is -1.56. The van der Waals surface area contributed by atoms with Gasteiger partial charge in [-0.3, -0.25) is 0 Å². The molecule has 1 aliphatic heterocycles. The zero-order chi connectivity index (χ0) is 10.8. The highest BCUT2D eigenvalue weighted by atomic mass is 16.5. The average Bonchev–Trinajstić information content (AvgIpc) is 2.61. The molecule has 15 heavy (non-hydrogen) atoms. The maximum atomic E-state index is 10.9. The van der Waals surface area contributed by atoms with E-state index in [1.165, 1.54) is 0 Å². The Bertz CT molecular complexity index is 369. The van der Waals surface area contributed by atoms with Crippen molar-refractivity contribution >= 4 is 11.7 Å². The van der Waals surface area contributed by atoms with E-state index < -0.39 is 5.97 Å². The molecule has 0 amide bonds. The Morgan fingerprint density at radius 2 is 2.20 bits per heavy atom. The second kappa shape index (κ2) is 3.90. The Kier molecular flexibility index (Phi) is 2.59. The summed E-state index contributed by atoms with van der Waals surface area (Å²) < 4.78 is 4.92. The summed E-state index contributed by atoms with van der Waals surface area (Å²) in [6.07, 6.45) is 0. The molecular formula is C9H13N3O3. The van der Waals surface area contributed by atoms with Crippen molar-refractivity contribution in [3.63, 3.8) is 0 Å². The lowest BCUT2D eigenvalue weighted by Gasteiger charge is -2.28. The fourth-order valence-corrected chi connectivity index (χ4v) is 1.77. The van der Waals surface area contributed by atoms with Crippen LogP contribution in [0.3, 0.4) is 0 Å². The molecule has 1 aliphatic rings. The molecule has 0 aromatic carbocycles. The standard InChI is InChI=1S/C9H13N3O3/c1-6-8(7(9(13)14)11-15-6)12-4-2-10-3-5-12/h10H,2-5H2,1H3,(H,13,14). The molecule has 2 heterocycles. The molecule has 0 radical (unpaired) electrons. The van der Waals surface area contributed by atoms with Gasteiger partial charge in [0, 0.05) is 26.2 Å². The summed E-state index contributed by atoms with van der Waals surface area (Å²) in [4.78, 5) is 12.9. The lowest BCUT2D eigenvalue weighted by molar-refractivity contribution is 0.0686. The summed E-state index contributed by atoms with van der Waals surface area (Å²) >= 11 is 0. The first-order chi connectivity index (χ1) is 7.20. The van der Waals surface area contributed by atoms with Gasteiger partial charge in [-0.2, -0.15) is 0 Å². The second-order valence-electron chi connectivity index (χ2n) is 3.48. The van der Waals surface area contributed by atoms with Crippen LogP contribution in [0.4, 0.5) is 5.69 Å². The number of hydrogen-bond donors (Lipinski definition) is 2. The molecule has 6 heteroatoms. The van der Waals surface area contributed by atoms with Crippen LogP contribution in [0.25, 0.3) is 0 Å². The van der Waals surface area contributed by atoms with E-state index in [1.54, 1.807) is 6.92 Å². The van der Waals surface area contributed by atoms with Crippen LogP contribution in [0.1, 0.15) is 16.2 Å². The lowest BCUT2D eigenvalue weighted by Crippen LogP contribution is -2.44. The molecular weight excluding hydrogens is 198 g/mol. The summed E-state index contributed by atoms with van der Waals surface area (Å²) in [5.41, 5.74) is 0.624. The summed E-state index contributed by atoms with van der Waals surface area (Å²) in [6.45, 7) is 4.99. The van der Waals surface area contributed by atoms with Crippen molar-refractivity contribution in [3.05, 3.63) is 11.5 Å². The maximum Gasteiger partial charge on any atom is 0.360 e. The highest BCUT2D eigenvalue weighted by Crippen LogP contribution is 2.24. The van der Waals surface area contributed by atoms with E-state index in [0.717, 1.165) is 26.2 Å². The van der Waals surface area contributed by atoms with Gasteiger partial charge in [-0.05, 0) is 6.92 Å². The van der Waals surface area contributed by atoms with Crippen LogP contribution in [-0.4, -0.2) is 42.4 Å². The Morgan fingerprint density at radius 3 is 2.80 bits per heavy atom. The number of piperazine rings is 1. The Balaban J connectivity index is 2.32. The first-order valence-corrected chi connectivity index (χ1v) is 4.85. The van der Waals surface area contributed by atoms with Crippen molar-refractivity contribution in [3.8, 4) is 0 Å². The quantitative estimate of drug-likeness (QED) is 0.721. The molecule has 1 fully saturated rings. The lowest BCUT2D eigenvalue weighted by atomic mass is 10.2. The summed E-state index contributed by atoms with van der Waals surface area (Å²) in [7, 11) is 0. The predicted octanol–water partition coefficient (Wildman–Crippen LogP) is 0.0908. The highest BCUT2D eigenvalue weighted by Gasteiger charge is 2.24. The number of rotatable bonds is 2. The molecule has 2 N–H and O–H groups in total. The molecule has 0 atom stereocenters. The zero-order valence-electron chi connectivity index (χ0n) is 8.49. The monoisotopic (exact) mass is 211 g/mol. The largest absolute Gasteiger partial charge is 0.476 e. The van der Waals surface area contributed by atoms with Gasteiger partial charge in [-0.25, -0.2) is 4.79 Å². The van der Waals surface area contributed by atoms with Crippen LogP contribution in [-0.2, 0) is 0 Å². The number of anilines is 1. The number of carbonyl (C=O) groups is 1. The number of aromatic nitrogens is 1. The number of aryl methyl sites for hydroxylation is 1. The van der Waals surface area contributed by atoms with Crippen LogP contribution in [0.15, 0.2) is 4.52 Å². The fraction of sp³-hybridized carbons (Fsp3) is 0.556. The smallest absolute Gasteiger partial charge is 0.360 e. The average molecular weight is 211 g/mol. The van der Waals surface area contributed by atoms with E-state index in [0.29, 0.717) is 11.4 Å². The Morgan fingerprint density at radius 1 is 1.53 bits per heavy atom. The number of hydrogen-bond acceptors (Lipinski definition) is 5. The first kappa shape index (κ1) is 9.97. The number of aromatic carboxylic acids is 1. The fourth-order valence-electron chi connectivity index (χ4n) is 1.77. The van der Waals surface area contributed by atoms with Gasteiger partial charge in [0.2, 0.25) is 5.69 Å². The second-order valence-corrected chi connectivity index (χ2v) is 3.48. The van der Waals surface area contributed by atoms with E-state index >= 15 is 0 Å². The van der Waals surface area contributed by atoms with Gasteiger partial charge in [0.1, 0.15) is 5.69 Å². The van der Waals surface area contributed by atoms with E-state index in [-0.39, 0.29) is 5.69 Å². The topological polar surface area (TPSA) is 78.6 Å². The van der Waals surface area contributed by atoms with Crippen molar-refractivity contribution < 1.29 is 14.4 Å². The third kappa shape index (κ3) is 1.80. The highest BCUT2D eigenvalue weighted by molar-refractivity contribution is 5.92. The van der Waals surface area contributed by atoms with Crippen LogP contribution < -0.4 is 10.2 Å². The van der Waals surface area contributed by atoms with Gasteiger partial charge in [-0.1, -0.05) is 5.16 Å². The van der Waals surface area contributed by atoms with Gasteiger partial charge >= 0.3 is 5.97 Å². The molecule has 0 spiro atoms. The Labute approximate surface area is 86.8 Å². The minimum atomic E-state index is -1.04. The number of carboxylic acids is 1. The van der Waals surface area contributed by atoms with Crippen molar-refractivity contribution in [1.82, 2.24) is 10.5 Å².